The van der Waals surface area contributed by atoms with Crippen molar-refractivity contribution in [3.63, 3.8) is 0 Å². The Morgan fingerprint density at radius 1 is 1.17 bits per heavy atom. The lowest BCUT2D eigenvalue weighted by Gasteiger charge is -2.05. The van der Waals surface area contributed by atoms with E-state index in [1.165, 1.54) is 17.8 Å². The van der Waals surface area contributed by atoms with Crippen molar-refractivity contribution < 1.29 is 13.9 Å². The summed E-state index contributed by atoms with van der Waals surface area (Å²) in [5.41, 5.74) is 1.50. The average molecular weight is 438 g/mol. The molecule has 0 unspecified atom stereocenters. The number of esters is 1. The number of rotatable bonds is 7. The quantitative estimate of drug-likeness (QED) is 0.158. The fourth-order valence-corrected chi connectivity index (χ4v) is 3.27. The van der Waals surface area contributed by atoms with Crippen molar-refractivity contribution in [2.75, 3.05) is 6.61 Å². The number of carbonyl (C=O) groups excluding carboxylic acids is 1. The van der Waals surface area contributed by atoms with Gasteiger partial charge in [0, 0.05) is 15.5 Å². The zero-order valence-corrected chi connectivity index (χ0v) is 17.5. The number of nitriles is 1. The minimum Gasteiger partial charge on any atom is -0.462 e. The summed E-state index contributed by atoms with van der Waals surface area (Å²) >= 11 is 7.20. The molecule has 0 aliphatic rings. The van der Waals surface area contributed by atoms with Gasteiger partial charge in [0.25, 0.3) is 5.22 Å². The van der Waals surface area contributed by atoms with Crippen LogP contribution in [0.2, 0.25) is 5.02 Å². The zero-order valence-electron chi connectivity index (χ0n) is 15.9. The molecule has 30 heavy (non-hydrogen) atoms. The topological polar surface area (TPSA) is 89.0 Å². The maximum Gasteiger partial charge on any atom is 0.348 e. The van der Waals surface area contributed by atoms with E-state index >= 15 is 0 Å². The molecule has 0 aliphatic heterocycles. The number of hydrogen-bond acceptors (Lipinski definition) is 7. The zero-order chi connectivity index (χ0) is 21.3. The van der Waals surface area contributed by atoms with Crippen LogP contribution in [0.5, 0.6) is 0 Å². The van der Waals surface area contributed by atoms with Crippen molar-refractivity contribution >= 4 is 34.2 Å². The van der Waals surface area contributed by atoms with Crippen molar-refractivity contribution in [2.24, 2.45) is 0 Å². The molecule has 0 fully saturated rings. The second-order valence-corrected chi connectivity index (χ2v) is 7.22. The summed E-state index contributed by atoms with van der Waals surface area (Å²) in [7, 11) is 0. The van der Waals surface area contributed by atoms with Gasteiger partial charge in [-0.3, -0.25) is 0 Å². The van der Waals surface area contributed by atoms with E-state index in [0.29, 0.717) is 21.0 Å². The Bertz CT molecular complexity index is 1120. The summed E-state index contributed by atoms with van der Waals surface area (Å²) < 4.78 is 10.7. The Hall–Kier alpha value is -3.34. The lowest BCUT2D eigenvalue weighted by atomic mass is 10.2. The molecule has 0 amide bonds. The molecule has 0 bridgehead atoms. The van der Waals surface area contributed by atoms with Gasteiger partial charge < -0.3 is 9.15 Å². The molecule has 0 radical (unpaired) electrons. The first-order valence-electron chi connectivity index (χ1n) is 8.92. The molecule has 150 valence electrons. The maximum atomic E-state index is 11.9. The third-order valence-electron chi connectivity index (χ3n) is 3.77. The predicted octanol–water partition coefficient (Wildman–Crippen LogP) is 5.54. The molecule has 3 rings (SSSR count). The van der Waals surface area contributed by atoms with Gasteiger partial charge >= 0.3 is 5.97 Å². The van der Waals surface area contributed by atoms with Crippen LogP contribution in [0, 0.1) is 11.3 Å². The van der Waals surface area contributed by atoms with Crippen LogP contribution in [-0.4, -0.2) is 22.8 Å². The van der Waals surface area contributed by atoms with E-state index < -0.39 is 5.97 Å². The number of allylic oxidation sites excluding steroid dienone is 2. The molecule has 0 saturated carbocycles. The molecule has 8 heteroatoms. The summed E-state index contributed by atoms with van der Waals surface area (Å²) in [4.78, 5) is 12.6. The molecule has 1 heterocycles. The van der Waals surface area contributed by atoms with E-state index in [9.17, 15) is 10.1 Å². The highest BCUT2D eigenvalue weighted by Gasteiger charge is 2.14. The van der Waals surface area contributed by atoms with Crippen LogP contribution in [0.15, 0.2) is 82.0 Å². The molecular weight excluding hydrogens is 422 g/mol. The summed E-state index contributed by atoms with van der Waals surface area (Å²) in [6.45, 7) is 1.86. The van der Waals surface area contributed by atoms with E-state index in [0.717, 1.165) is 11.1 Å². The van der Waals surface area contributed by atoms with E-state index in [4.69, 9.17) is 20.8 Å². The van der Waals surface area contributed by atoms with Crippen LogP contribution < -0.4 is 0 Å². The highest BCUT2D eigenvalue weighted by atomic mass is 35.5. The second kappa shape index (κ2) is 10.4. The van der Waals surface area contributed by atoms with Crippen molar-refractivity contribution in [1.82, 2.24) is 10.2 Å². The number of hydrogen-bond donors (Lipinski definition) is 0. The highest BCUT2D eigenvalue weighted by molar-refractivity contribution is 8.08. The SMILES string of the molecule is CCOC(=O)/C(C#N)=C/C=C(\Sc1nnc(-c2ccccc2)o1)c1ccc(Cl)cc1. The van der Waals surface area contributed by atoms with Gasteiger partial charge in [0.05, 0.1) is 6.61 Å². The molecule has 6 nitrogen and oxygen atoms in total. The first-order chi connectivity index (χ1) is 14.6. The lowest BCUT2D eigenvalue weighted by Crippen LogP contribution is -2.05. The summed E-state index contributed by atoms with van der Waals surface area (Å²) in [6, 6.07) is 18.4. The van der Waals surface area contributed by atoms with Gasteiger partial charge in [-0.25, -0.2) is 4.79 Å². The van der Waals surface area contributed by atoms with Gasteiger partial charge in [-0.15, -0.1) is 10.2 Å². The van der Waals surface area contributed by atoms with Crippen molar-refractivity contribution in [3.05, 3.63) is 82.9 Å². The van der Waals surface area contributed by atoms with Gasteiger partial charge in [0.15, 0.2) is 0 Å². The Morgan fingerprint density at radius 2 is 1.90 bits per heavy atom. The molecule has 2 aromatic carbocycles. The first kappa shape index (κ1) is 21.4. The molecule has 3 aromatic rings. The highest BCUT2D eigenvalue weighted by Crippen LogP contribution is 2.35. The summed E-state index contributed by atoms with van der Waals surface area (Å²) in [5, 5.41) is 18.3. The third kappa shape index (κ3) is 5.60. The second-order valence-electron chi connectivity index (χ2n) is 5.79. The van der Waals surface area contributed by atoms with Crippen LogP contribution in [-0.2, 0) is 9.53 Å². The molecule has 0 spiro atoms. The number of aromatic nitrogens is 2. The van der Waals surface area contributed by atoms with Gasteiger partial charge in [-0.05, 0) is 60.7 Å². The molecule has 0 aliphatic carbocycles. The number of thioether (sulfide) groups is 1. The Morgan fingerprint density at radius 3 is 2.57 bits per heavy atom. The standard InChI is InChI=1S/C22H16ClN3O3S/c1-2-28-21(27)17(14-24)10-13-19(15-8-11-18(23)12-9-15)30-22-26-25-20(29-22)16-6-4-3-5-7-16/h3-13H,2H2,1H3/b17-10+,19-13-. The van der Waals surface area contributed by atoms with Gasteiger partial charge in [-0.1, -0.05) is 41.9 Å². The van der Waals surface area contributed by atoms with Crippen LogP contribution in [0.1, 0.15) is 12.5 Å². The predicted molar refractivity (Wildman–Crippen MR) is 115 cm³/mol. The number of ether oxygens (including phenoxy) is 1. The molecule has 1 aromatic heterocycles. The first-order valence-corrected chi connectivity index (χ1v) is 10.1. The number of carbonyl (C=O) groups is 1. The van der Waals surface area contributed by atoms with Crippen molar-refractivity contribution in [1.29, 1.82) is 5.26 Å². The monoisotopic (exact) mass is 437 g/mol. The smallest absolute Gasteiger partial charge is 0.348 e. The molecule has 0 N–H and O–H groups in total. The number of nitrogens with zero attached hydrogens (tertiary/aromatic N) is 3. The van der Waals surface area contributed by atoms with E-state index in [1.807, 2.05) is 48.5 Å². The summed E-state index contributed by atoms with van der Waals surface area (Å²) in [6.07, 6.45) is 3.04. The van der Waals surface area contributed by atoms with E-state index in [2.05, 4.69) is 10.2 Å². The minimum absolute atomic E-state index is 0.112. The largest absolute Gasteiger partial charge is 0.462 e. The molecular formula is C22H16ClN3O3S. The Kier molecular flexibility index (Phi) is 7.44. The summed E-state index contributed by atoms with van der Waals surface area (Å²) in [5.74, 6) is -0.283. The number of halogens is 1. The van der Waals surface area contributed by atoms with Crippen molar-refractivity contribution in [2.45, 2.75) is 12.1 Å². The van der Waals surface area contributed by atoms with Gasteiger partial charge in [0.1, 0.15) is 11.6 Å². The Balaban J connectivity index is 1.92. The van der Waals surface area contributed by atoms with Crippen LogP contribution >= 0.6 is 23.4 Å². The third-order valence-corrected chi connectivity index (χ3v) is 4.95. The van der Waals surface area contributed by atoms with E-state index in [-0.39, 0.29) is 12.2 Å². The molecule has 0 atom stereocenters. The van der Waals surface area contributed by atoms with Crippen LogP contribution in [0.4, 0.5) is 0 Å². The lowest BCUT2D eigenvalue weighted by molar-refractivity contribution is -0.138. The normalized spacial score (nSPS) is 11.8. The minimum atomic E-state index is -0.680. The molecule has 0 saturated heterocycles. The fourth-order valence-electron chi connectivity index (χ4n) is 2.36. The number of benzene rings is 2. The Labute approximate surface area is 182 Å². The average Bonchev–Trinajstić information content (AvgIpc) is 3.23. The van der Waals surface area contributed by atoms with Gasteiger partial charge in [0.2, 0.25) is 5.89 Å². The van der Waals surface area contributed by atoms with Crippen molar-refractivity contribution in [3.8, 4) is 17.5 Å². The van der Waals surface area contributed by atoms with Crippen LogP contribution in [0.3, 0.4) is 0 Å². The van der Waals surface area contributed by atoms with Crippen LogP contribution in [0.25, 0.3) is 16.4 Å². The fraction of sp³-hybridized carbons (Fsp3) is 0.0909. The maximum absolute atomic E-state index is 11.9. The van der Waals surface area contributed by atoms with Gasteiger partial charge in [-0.2, -0.15) is 5.26 Å². The van der Waals surface area contributed by atoms with E-state index in [1.54, 1.807) is 25.1 Å².